The molecule has 1 fully saturated rings. The Morgan fingerprint density at radius 1 is 1.07 bits per heavy atom. The standard InChI is InChI=1S/C22H25N5O/c23-21-11-22(26-15-25-21)27-14-19(28)10-18(27)13-24-12-17-8-4-5-9-20(17)16-6-2-1-3-7-16/h1-9,11,15,18-19,24,28H,10,12-14H2,(H2,23,25,26)/t18-,19-/m1/s1. The molecule has 3 aromatic rings. The van der Waals surface area contributed by atoms with Crippen molar-refractivity contribution in [1.29, 1.82) is 0 Å². The van der Waals surface area contributed by atoms with Gasteiger partial charge in [-0.25, -0.2) is 9.97 Å². The molecule has 2 aromatic carbocycles. The van der Waals surface area contributed by atoms with Crippen molar-refractivity contribution in [2.75, 3.05) is 23.7 Å². The van der Waals surface area contributed by atoms with Crippen molar-refractivity contribution in [3.8, 4) is 11.1 Å². The van der Waals surface area contributed by atoms with Crippen LogP contribution >= 0.6 is 0 Å². The molecule has 4 N–H and O–H groups in total. The number of nitrogens with two attached hydrogens (primary N) is 1. The van der Waals surface area contributed by atoms with Crippen LogP contribution in [-0.2, 0) is 6.54 Å². The number of hydrogen-bond donors (Lipinski definition) is 3. The van der Waals surface area contributed by atoms with Gasteiger partial charge >= 0.3 is 0 Å². The van der Waals surface area contributed by atoms with Gasteiger partial charge in [0, 0.05) is 31.7 Å². The van der Waals surface area contributed by atoms with Gasteiger partial charge in [0.25, 0.3) is 0 Å². The van der Waals surface area contributed by atoms with Gasteiger partial charge in [-0.1, -0.05) is 54.6 Å². The summed E-state index contributed by atoms with van der Waals surface area (Å²) < 4.78 is 0. The van der Waals surface area contributed by atoms with Crippen LogP contribution in [0.2, 0.25) is 0 Å². The lowest BCUT2D eigenvalue weighted by Gasteiger charge is -2.26. The average molecular weight is 375 g/mol. The smallest absolute Gasteiger partial charge is 0.134 e. The molecule has 0 bridgehead atoms. The van der Waals surface area contributed by atoms with E-state index in [1.54, 1.807) is 6.07 Å². The number of aliphatic hydroxyl groups is 1. The summed E-state index contributed by atoms with van der Waals surface area (Å²) in [5.74, 6) is 1.20. The van der Waals surface area contributed by atoms with Crippen molar-refractivity contribution < 1.29 is 5.11 Å². The number of aliphatic hydroxyl groups excluding tert-OH is 1. The first-order valence-electron chi connectivity index (χ1n) is 9.57. The summed E-state index contributed by atoms with van der Waals surface area (Å²) in [5.41, 5.74) is 9.51. The fraction of sp³-hybridized carbons (Fsp3) is 0.273. The Morgan fingerprint density at radius 2 is 1.86 bits per heavy atom. The number of aromatic nitrogens is 2. The molecule has 2 atom stereocenters. The molecule has 144 valence electrons. The SMILES string of the molecule is Nc1cc(N2C[C@H](O)C[C@@H]2CNCc2ccccc2-c2ccccc2)ncn1. The van der Waals surface area contributed by atoms with Crippen LogP contribution < -0.4 is 16.0 Å². The maximum Gasteiger partial charge on any atom is 0.134 e. The molecule has 0 saturated carbocycles. The van der Waals surface area contributed by atoms with Crippen molar-refractivity contribution in [3.63, 3.8) is 0 Å². The van der Waals surface area contributed by atoms with E-state index in [2.05, 4.69) is 68.7 Å². The van der Waals surface area contributed by atoms with E-state index in [9.17, 15) is 5.11 Å². The highest BCUT2D eigenvalue weighted by Gasteiger charge is 2.31. The Morgan fingerprint density at radius 3 is 2.68 bits per heavy atom. The van der Waals surface area contributed by atoms with Gasteiger partial charge in [-0.05, 0) is 23.1 Å². The maximum absolute atomic E-state index is 10.2. The van der Waals surface area contributed by atoms with Gasteiger partial charge in [-0.3, -0.25) is 0 Å². The van der Waals surface area contributed by atoms with Crippen molar-refractivity contribution in [2.24, 2.45) is 0 Å². The Balaban J connectivity index is 1.44. The Hall–Kier alpha value is -2.96. The van der Waals surface area contributed by atoms with Gasteiger partial charge < -0.3 is 21.1 Å². The Kier molecular flexibility index (Phi) is 5.50. The fourth-order valence-electron chi connectivity index (χ4n) is 3.83. The third-order valence-corrected chi connectivity index (χ3v) is 5.16. The molecule has 0 unspecified atom stereocenters. The summed E-state index contributed by atoms with van der Waals surface area (Å²) in [5, 5.41) is 13.7. The molecule has 2 heterocycles. The minimum Gasteiger partial charge on any atom is -0.391 e. The first-order chi connectivity index (χ1) is 13.7. The second-order valence-electron chi connectivity index (χ2n) is 7.15. The maximum atomic E-state index is 10.2. The number of nitrogens with one attached hydrogen (secondary N) is 1. The number of benzene rings is 2. The summed E-state index contributed by atoms with van der Waals surface area (Å²) in [7, 11) is 0. The van der Waals surface area contributed by atoms with E-state index in [1.807, 2.05) is 6.07 Å². The van der Waals surface area contributed by atoms with E-state index in [4.69, 9.17) is 5.73 Å². The number of hydrogen-bond acceptors (Lipinski definition) is 6. The number of β-amino-alcohol motifs (C(OH)–C–C–N with tert-alkyl or cyclic N) is 1. The first-order valence-corrected chi connectivity index (χ1v) is 9.57. The summed E-state index contributed by atoms with van der Waals surface area (Å²) in [6, 6.07) is 20.8. The van der Waals surface area contributed by atoms with E-state index in [1.165, 1.54) is 23.0 Å². The summed E-state index contributed by atoms with van der Waals surface area (Å²) >= 11 is 0. The van der Waals surface area contributed by atoms with Gasteiger partial charge in [-0.2, -0.15) is 0 Å². The predicted molar refractivity (Wildman–Crippen MR) is 112 cm³/mol. The van der Waals surface area contributed by atoms with Crippen LogP contribution in [-0.4, -0.2) is 40.3 Å². The van der Waals surface area contributed by atoms with Gasteiger partial charge in [0.15, 0.2) is 0 Å². The van der Waals surface area contributed by atoms with Crippen LogP contribution in [0.25, 0.3) is 11.1 Å². The van der Waals surface area contributed by atoms with E-state index in [-0.39, 0.29) is 12.1 Å². The van der Waals surface area contributed by atoms with Crippen LogP contribution in [0.5, 0.6) is 0 Å². The third-order valence-electron chi connectivity index (χ3n) is 5.16. The number of rotatable bonds is 6. The van der Waals surface area contributed by atoms with Crippen LogP contribution in [0.3, 0.4) is 0 Å². The molecule has 1 aliphatic heterocycles. The Bertz CT molecular complexity index is 918. The molecule has 1 saturated heterocycles. The molecule has 0 amide bonds. The average Bonchev–Trinajstić information content (AvgIpc) is 3.09. The van der Waals surface area contributed by atoms with E-state index in [0.717, 1.165) is 18.9 Å². The molecule has 6 nitrogen and oxygen atoms in total. The van der Waals surface area contributed by atoms with Gasteiger partial charge in [0.2, 0.25) is 0 Å². The summed E-state index contributed by atoms with van der Waals surface area (Å²) in [6.07, 6.45) is 1.81. The predicted octanol–water partition coefficient (Wildman–Crippen LogP) is 2.46. The van der Waals surface area contributed by atoms with E-state index >= 15 is 0 Å². The zero-order valence-electron chi connectivity index (χ0n) is 15.7. The monoisotopic (exact) mass is 375 g/mol. The third kappa shape index (κ3) is 4.13. The van der Waals surface area contributed by atoms with Crippen LogP contribution in [0.15, 0.2) is 67.0 Å². The summed E-state index contributed by atoms with van der Waals surface area (Å²) in [6.45, 7) is 2.07. The fourth-order valence-corrected chi connectivity index (χ4v) is 3.83. The molecule has 1 aromatic heterocycles. The number of nitrogen functional groups attached to an aromatic ring is 1. The molecule has 0 radical (unpaired) electrons. The van der Waals surface area contributed by atoms with Crippen LogP contribution in [0, 0.1) is 0 Å². The zero-order chi connectivity index (χ0) is 19.3. The topological polar surface area (TPSA) is 87.3 Å². The molecule has 4 rings (SSSR count). The molecule has 28 heavy (non-hydrogen) atoms. The minimum absolute atomic E-state index is 0.160. The van der Waals surface area contributed by atoms with E-state index < -0.39 is 0 Å². The zero-order valence-corrected chi connectivity index (χ0v) is 15.7. The van der Waals surface area contributed by atoms with Crippen LogP contribution in [0.1, 0.15) is 12.0 Å². The second kappa shape index (κ2) is 8.37. The lowest BCUT2D eigenvalue weighted by atomic mass is 10.00. The lowest BCUT2D eigenvalue weighted by Crippen LogP contribution is -2.38. The molecule has 0 aliphatic carbocycles. The highest BCUT2D eigenvalue weighted by Crippen LogP contribution is 2.26. The van der Waals surface area contributed by atoms with Gasteiger partial charge in [0.1, 0.15) is 18.0 Å². The number of nitrogens with zero attached hydrogens (tertiary/aromatic N) is 3. The van der Waals surface area contributed by atoms with Crippen LogP contribution in [0.4, 0.5) is 11.6 Å². The molecule has 0 spiro atoms. The van der Waals surface area contributed by atoms with E-state index in [0.29, 0.717) is 18.8 Å². The van der Waals surface area contributed by atoms with Gasteiger partial charge in [0.05, 0.1) is 6.10 Å². The second-order valence-corrected chi connectivity index (χ2v) is 7.15. The van der Waals surface area contributed by atoms with Gasteiger partial charge in [-0.15, -0.1) is 0 Å². The highest BCUT2D eigenvalue weighted by molar-refractivity contribution is 5.67. The molecular formula is C22H25N5O. The molecular weight excluding hydrogens is 350 g/mol. The Labute approximate surface area is 165 Å². The quantitative estimate of drug-likeness (QED) is 0.613. The molecule has 1 aliphatic rings. The lowest BCUT2D eigenvalue weighted by molar-refractivity contribution is 0.194. The highest BCUT2D eigenvalue weighted by atomic mass is 16.3. The summed E-state index contributed by atoms with van der Waals surface area (Å²) in [4.78, 5) is 10.4. The molecule has 6 heteroatoms. The van der Waals surface area contributed by atoms with Crippen molar-refractivity contribution in [2.45, 2.75) is 25.1 Å². The normalized spacial score (nSPS) is 19.1. The van der Waals surface area contributed by atoms with Crippen molar-refractivity contribution in [1.82, 2.24) is 15.3 Å². The largest absolute Gasteiger partial charge is 0.391 e. The number of anilines is 2. The van der Waals surface area contributed by atoms with Crippen molar-refractivity contribution >= 4 is 11.6 Å². The first kappa shape index (κ1) is 18.4. The van der Waals surface area contributed by atoms with Crippen molar-refractivity contribution in [3.05, 3.63) is 72.6 Å². The minimum atomic E-state index is -0.361.